The molecule has 5 rings (SSSR count). The van der Waals surface area contributed by atoms with E-state index in [0.29, 0.717) is 31.7 Å². The Morgan fingerprint density at radius 3 is 2.24 bits per heavy atom. The molecule has 0 atom stereocenters. The number of hydrogen-bond donors (Lipinski definition) is 1. The fourth-order valence-electron chi connectivity index (χ4n) is 3.96. The zero-order chi connectivity index (χ0) is 22.6. The van der Waals surface area contributed by atoms with Crippen LogP contribution in [0.25, 0.3) is 22.4 Å². The van der Waals surface area contributed by atoms with Crippen LogP contribution in [0.15, 0.2) is 78.9 Å². The van der Waals surface area contributed by atoms with Gasteiger partial charge in [-0.15, -0.1) is 0 Å². The highest BCUT2D eigenvalue weighted by atomic mass is 16.6. The first-order valence-electron chi connectivity index (χ1n) is 11.0. The maximum absolute atomic E-state index is 13.1. The van der Waals surface area contributed by atoms with E-state index in [4.69, 9.17) is 4.74 Å². The first-order chi connectivity index (χ1) is 16.2. The van der Waals surface area contributed by atoms with Crippen LogP contribution in [0.5, 0.6) is 0 Å². The monoisotopic (exact) mass is 440 g/mol. The molecule has 0 radical (unpaired) electrons. The SMILES string of the molecule is O=C(OCc1ccccc1)N1CCN(C(=O)c2ccc3[nH]c(-c4ccccc4)nc3c2)CC1. The third-order valence-corrected chi connectivity index (χ3v) is 5.81. The molecule has 1 N–H and O–H groups in total. The van der Waals surface area contributed by atoms with E-state index in [-0.39, 0.29) is 18.6 Å². The van der Waals surface area contributed by atoms with Gasteiger partial charge in [-0.05, 0) is 23.8 Å². The second kappa shape index (κ2) is 9.16. The minimum atomic E-state index is -0.350. The molecule has 1 saturated heterocycles. The van der Waals surface area contributed by atoms with Crippen molar-refractivity contribution in [1.82, 2.24) is 19.8 Å². The fraction of sp³-hybridized carbons (Fsp3) is 0.192. The Labute approximate surface area is 191 Å². The number of piperazine rings is 1. The molecule has 2 amide bonds. The van der Waals surface area contributed by atoms with Crippen molar-refractivity contribution in [2.75, 3.05) is 26.2 Å². The first-order valence-corrected chi connectivity index (χ1v) is 11.0. The first kappa shape index (κ1) is 20.8. The van der Waals surface area contributed by atoms with Crippen molar-refractivity contribution < 1.29 is 14.3 Å². The topological polar surface area (TPSA) is 78.5 Å². The largest absolute Gasteiger partial charge is 0.445 e. The Hall–Kier alpha value is -4.13. The molecule has 0 bridgehead atoms. The van der Waals surface area contributed by atoms with Crippen LogP contribution in [0.2, 0.25) is 0 Å². The van der Waals surface area contributed by atoms with E-state index in [0.717, 1.165) is 28.0 Å². The van der Waals surface area contributed by atoms with E-state index in [2.05, 4.69) is 9.97 Å². The van der Waals surface area contributed by atoms with Crippen molar-refractivity contribution in [2.45, 2.75) is 6.61 Å². The summed E-state index contributed by atoms with van der Waals surface area (Å²) in [4.78, 5) is 36.8. The van der Waals surface area contributed by atoms with Gasteiger partial charge in [-0.3, -0.25) is 4.79 Å². The lowest BCUT2D eigenvalue weighted by Crippen LogP contribution is -2.50. The Morgan fingerprint density at radius 2 is 1.52 bits per heavy atom. The molecule has 166 valence electrons. The summed E-state index contributed by atoms with van der Waals surface area (Å²) in [6, 6.07) is 25.0. The predicted molar refractivity (Wildman–Crippen MR) is 126 cm³/mol. The number of nitrogens with one attached hydrogen (secondary N) is 1. The van der Waals surface area contributed by atoms with Crippen molar-refractivity contribution in [3.05, 3.63) is 90.0 Å². The molecule has 1 aliphatic heterocycles. The third kappa shape index (κ3) is 4.57. The Bertz CT molecular complexity index is 1260. The highest BCUT2D eigenvalue weighted by Crippen LogP contribution is 2.22. The molecular weight excluding hydrogens is 416 g/mol. The van der Waals surface area contributed by atoms with Crippen molar-refractivity contribution in [3.63, 3.8) is 0 Å². The van der Waals surface area contributed by atoms with Gasteiger partial charge in [0.1, 0.15) is 12.4 Å². The Morgan fingerprint density at radius 1 is 0.848 bits per heavy atom. The number of amides is 2. The molecule has 2 heterocycles. The van der Waals surface area contributed by atoms with Crippen LogP contribution in [0, 0.1) is 0 Å². The zero-order valence-corrected chi connectivity index (χ0v) is 18.1. The van der Waals surface area contributed by atoms with Crippen LogP contribution in [-0.2, 0) is 11.3 Å². The van der Waals surface area contributed by atoms with E-state index in [1.165, 1.54) is 0 Å². The van der Waals surface area contributed by atoms with E-state index in [1.807, 2.05) is 78.9 Å². The molecule has 7 heteroatoms. The summed E-state index contributed by atoms with van der Waals surface area (Å²) in [5.74, 6) is 0.719. The lowest BCUT2D eigenvalue weighted by atomic mass is 10.1. The van der Waals surface area contributed by atoms with E-state index >= 15 is 0 Å². The normalized spacial score (nSPS) is 13.8. The molecule has 0 unspecified atom stereocenters. The number of H-pyrrole nitrogens is 1. The number of hydrogen-bond acceptors (Lipinski definition) is 4. The number of carbonyl (C=O) groups excluding carboxylic acids is 2. The van der Waals surface area contributed by atoms with Crippen LogP contribution >= 0.6 is 0 Å². The van der Waals surface area contributed by atoms with Gasteiger partial charge < -0.3 is 19.5 Å². The number of carbonyl (C=O) groups is 2. The van der Waals surface area contributed by atoms with Gasteiger partial charge >= 0.3 is 6.09 Å². The molecule has 0 spiro atoms. The summed E-state index contributed by atoms with van der Waals surface area (Å²) >= 11 is 0. The van der Waals surface area contributed by atoms with Gasteiger partial charge in [0.2, 0.25) is 0 Å². The van der Waals surface area contributed by atoms with Gasteiger partial charge in [0.25, 0.3) is 5.91 Å². The van der Waals surface area contributed by atoms with E-state index in [9.17, 15) is 9.59 Å². The molecule has 0 aliphatic carbocycles. The van der Waals surface area contributed by atoms with Crippen LogP contribution in [0.1, 0.15) is 15.9 Å². The van der Waals surface area contributed by atoms with Crippen molar-refractivity contribution in [1.29, 1.82) is 0 Å². The number of aromatic amines is 1. The van der Waals surface area contributed by atoms with Crippen molar-refractivity contribution in [2.24, 2.45) is 0 Å². The van der Waals surface area contributed by atoms with Crippen LogP contribution in [0.3, 0.4) is 0 Å². The van der Waals surface area contributed by atoms with Crippen molar-refractivity contribution >= 4 is 23.0 Å². The lowest BCUT2D eigenvalue weighted by molar-refractivity contribution is 0.0544. The molecule has 3 aromatic carbocycles. The smallest absolute Gasteiger partial charge is 0.410 e. The maximum Gasteiger partial charge on any atom is 0.410 e. The number of ether oxygens (including phenoxy) is 1. The van der Waals surface area contributed by atoms with Gasteiger partial charge in [-0.1, -0.05) is 60.7 Å². The highest BCUT2D eigenvalue weighted by molar-refractivity contribution is 5.97. The van der Waals surface area contributed by atoms with Crippen molar-refractivity contribution in [3.8, 4) is 11.4 Å². The Balaban J connectivity index is 1.20. The summed E-state index contributed by atoms with van der Waals surface area (Å²) in [6.07, 6.45) is -0.350. The number of fused-ring (bicyclic) bond motifs is 1. The summed E-state index contributed by atoms with van der Waals surface area (Å²) in [6.45, 7) is 2.07. The summed E-state index contributed by atoms with van der Waals surface area (Å²) < 4.78 is 5.41. The van der Waals surface area contributed by atoms with Gasteiger partial charge in [0.15, 0.2) is 0 Å². The standard InChI is InChI=1S/C26H24N4O3/c31-25(21-11-12-22-23(17-21)28-24(27-22)20-9-5-2-6-10-20)29-13-15-30(16-14-29)26(32)33-18-19-7-3-1-4-8-19/h1-12,17H,13-16,18H2,(H,27,28). The van der Waals surface area contributed by atoms with E-state index < -0.39 is 0 Å². The molecule has 4 aromatic rings. The second-order valence-electron chi connectivity index (χ2n) is 8.00. The number of benzene rings is 3. The highest BCUT2D eigenvalue weighted by Gasteiger charge is 2.26. The maximum atomic E-state index is 13.1. The quantitative estimate of drug-likeness (QED) is 0.513. The third-order valence-electron chi connectivity index (χ3n) is 5.81. The molecule has 1 aromatic heterocycles. The van der Waals surface area contributed by atoms with Crippen LogP contribution in [0.4, 0.5) is 4.79 Å². The second-order valence-corrected chi connectivity index (χ2v) is 8.00. The van der Waals surface area contributed by atoms with E-state index in [1.54, 1.807) is 9.80 Å². The summed E-state index contributed by atoms with van der Waals surface area (Å²) in [5, 5.41) is 0. The van der Waals surface area contributed by atoms with Gasteiger partial charge in [-0.25, -0.2) is 9.78 Å². The predicted octanol–water partition coefficient (Wildman–Crippen LogP) is 4.32. The molecule has 1 aliphatic rings. The molecule has 1 fully saturated rings. The minimum absolute atomic E-state index is 0.0570. The average molecular weight is 441 g/mol. The molecular formula is C26H24N4O3. The number of rotatable bonds is 4. The van der Waals surface area contributed by atoms with Gasteiger partial charge in [0, 0.05) is 37.3 Å². The van der Waals surface area contributed by atoms with Crippen LogP contribution in [-0.4, -0.2) is 57.9 Å². The lowest BCUT2D eigenvalue weighted by Gasteiger charge is -2.34. The van der Waals surface area contributed by atoms with Gasteiger partial charge in [-0.2, -0.15) is 0 Å². The fourth-order valence-corrected chi connectivity index (χ4v) is 3.96. The summed E-state index contributed by atoms with van der Waals surface area (Å²) in [5.41, 5.74) is 4.17. The average Bonchev–Trinajstić information content (AvgIpc) is 3.32. The molecule has 7 nitrogen and oxygen atoms in total. The zero-order valence-electron chi connectivity index (χ0n) is 18.1. The number of aromatic nitrogens is 2. The van der Waals surface area contributed by atoms with Crippen LogP contribution < -0.4 is 0 Å². The minimum Gasteiger partial charge on any atom is -0.445 e. The summed E-state index contributed by atoms with van der Waals surface area (Å²) in [7, 11) is 0. The number of nitrogens with zero attached hydrogens (tertiary/aromatic N) is 3. The molecule has 33 heavy (non-hydrogen) atoms. The van der Waals surface area contributed by atoms with Gasteiger partial charge in [0.05, 0.1) is 11.0 Å². The molecule has 0 saturated carbocycles. The number of imidazole rings is 1. The Kier molecular flexibility index (Phi) is 5.76.